The number of thioether (sulfide) groups is 1. The predicted molar refractivity (Wildman–Crippen MR) is 81.6 cm³/mol. The van der Waals surface area contributed by atoms with Crippen LogP contribution in [0.1, 0.15) is 37.0 Å². The number of carbonyl (C=O) groups excluding carboxylic acids is 1. The number of aliphatic carboxylic acids is 1. The van der Waals surface area contributed by atoms with Crippen LogP contribution in [-0.4, -0.2) is 28.8 Å². The van der Waals surface area contributed by atoms with Gasteiger partial charge in [0.15, 0.2) is 0 Å². The Morgan fingerprint density at radius 3 is 2.75 bits per heavy atom. The van der Waals surface area contributed by atoms with Gasteiger partial charge >= 0.3 is 5.97 Å². The zero-order valence-corrected chi connectivity index (χ0v) is 13.1. The van der Waals surface area contributed by atoms with Crippen molar-refractivity contribution in [3.63, 3.8) is 0 Å². The maximum Gasteiger partial charge on any atom is 0.303 e. The Balaban J connectivity index is 2.73. The largest absolute Gasteiger partial charge is 0.481 e. The van der Waals surface area contributed by atoms with Crippen LogP contribution in [0.3, 0.4) is 0 Å². The van der Waals surface area contributed by atoms with Crippen LogP contribution in [-0.2, 0) is 4.79 Å². The van der Waals surface area contributed by atoms with Gasteiger partial charge in [-0.2, -0.15) is 0 Å². The lowest BCUT2D eigenvalue weighted by molar-refractivity contribution is -0.137. The van der Waals surface area contributed by atoms with Gasteiger partial charge in [0.05, 0.1) is 5.56 Å². The number of hydrogen-bond donors (Lipinski definition) is 2. The SMILES string of the molecule is CCSc1cc(Cl)ccc1C(=O)NC(C)CCC(=O)O. The monoisotopic (exact) mass is 315 g/mol. The smallest absolute Gasteiger partial charge is 0.303 e. The molecular formula is C14H18ClNO3S. The Morgan fingerprint density at radius 2 is 2.15 bits per heavy atom. The minimum Gasteiger partial charge on any atom is -0.481 e. The zero-order valence-electron chi connectivity index (χ0n) is 11.5. The molecule has 20 heavy (non-hydrogen) atoms. The number of carboxylic acid groups (broad SMARTS) is 1. The average molecular weight is 316 g/mol. The summed E-state index contributed by atoms with van der Waals surface area (Å²) in [4.78, 5) is 23.5. The first-order valence-corrected chi connectivity index (χ1v) is 7.75. The van der Waals surface area contributed by atoms with Gasteiger partial charge in [-0.3, -0.25) is 9.59 Å². The summed E-state index contributed by atoms with van der Waals surface area (Å²) >= 11 is 7.49. The Hall–Kier alpha value is -1.20. The lowest BCUT2D eigenvalue weighted by atomic mass is 10.1. The second kappa shape index (κ2) is 8.17. The van der Waals surface area contributed by atoms with Crippen molar-refractivity contribution in [1.29, 1.82) is 0 Å². The first-order valence-electron chi connectivity index (χ1n) is 6.39. The number of amides is 1. The molecule has 4 nitrogen and oxygen atoms in total. The molecule has 0 fully saturated rings. The molecule has 0 aliphatic carbocycles. The molecule has 1 aromatic rings. The predicted octanol–water partition coefficient (Wildman–Crippen LogP) is 3.44. The zero-order chi connectivity index (χ0) is 15.1. The molecule has 0 aromatic heterocycles. The molecule has 0 saturated carbocycles. The average Bonchev–Trinajstić information content (AvgIpc) is 2.36. The number of hydrogen-bond acceptors (Lipinski definition) is 3. The van der Waals surface area contributed by atoms with E-state index in [1.807, 2.05) is 6.92 Å². The van der Waals surface area contributed by atoms with Crippen LogP contribution in [0.25, 0.3) is 0 Å². The van der Waals surface area contributed by atoms with E-state index < -0.39 is 5.97 Å². The number of nitrogens with one attached hydrogen (secondary N) is 1. The molecule has 0 bridgehead atoms. The van der Waals surface area contributed by atoms with E-state index in [9.17, 15) is 9.59 Å². The van der Waals surface area contributed by atoms with E-state index in [4.69, 9.17) is 16.7 Å². The Kier molecular flexibility index (Phi) is 6.88. The van der Waals surface area contributed by atoms with E-state index in [1.165, 1.54) is 0 Å². The highest BCUT2D eigenvalue weighted by Crippen LogP contribution is 2.26. The third-order valence-electron chi connectivity index (χ3n) is 2.66. The fraction of sp³-hybridized carbons (Fsp3) is 0.429. The van der Waals surface area contributed by atoms with E-state index in [1.54, 1.807) is 36.9 Å². The van der Waals surface area contributed by atoms with Crippen LogP contribution in [0, 0.1) is 0 Å². The molecule has 1 unspecified atom stereocenters. The molecule has 110 valence electrons. The first kappa shape index (κ1) is 16.9. The molecule has 0 radical (unpaired) electrons. The summed E-state index contributed by atoms with van der Waals surface area (Å²) in [5, 5.41) is 12.0. The molecule has 6 heteroatoms. The molecule has 0 aliphatic rings. The standard InChI is InChI=1S/C14H18ClNO3S/c1-3-20-12-8-10(15)5-6-11(12)14(19)16-9(2)4-7-13(17)18/h5-6,8-9H,3-4,7H2,1-2H3,(H,16,19)(H,17,18). The minimum absolute atomic E-state index is 0.0403. The summed E-state index contributed by atoms with van der Waals surface area (Å²) in [6.45, 7) is 3.80. The van der Waals surface area contributed by atoms with Crippen LogP contribution in [0.5, 0.6) is 0 Å². The Labute approximate surface area is 127 Å². The van der Waals surface area contributed by atoms with Gasteiger partial charge in [0.1, 0.15) is 0 Å². The van der Waals surface area contributed by atoms with Gasteiger partial charge in [-0.1, -0.05) is 18.5 Å². The van der Waals surface area contributed by atoms with Gasteiger partial charge < -0.3 is 10.4 Å². The molecule has 0 heterocycles. The van der Waals surface area contributed by atoms with Gasteiger partial charge in [0.25, 0.3) is 5.91 Å². The van der Waals surface area contributed by atoms with E-state index in [2.05, 4.69) is 5.32 Å². The first-order chi connectivity index (χ1) is 9.43. The van der Waals surface area contributed by atoms with Gasteiger partial charge in [-0.05, 0) is 37.3 Å². The van der Waals surface area contributed by atoms with Gasteiger partial charge in [0.2, 0.25) is 0 Å². The van der Waals surface area contributed by atoms with Crippen LogP contribution in [0.4, 0.5) is 0 Å². The molecule has 1 amide bonds. The summed E-state index contributed by atoms with van der Waals surface area (Å²) < 4.78 is 0. The molecule has 0 aliphatic heterocycles. The van der Waals surface area contributed by atoms with Crippen molar-refractivity contribution in [1.82, 2.24) is 5.32 Å². The highest BCUT2D eigenvalue weighted by Gasteiger charge is 2.15. The summed E-state index contributed by atoms with van der Waals surface area (Å²) in [6.07, 6.45) is 0.448. The van der Waals surface area contributed by atoms with Crippen LogP contribution in [0.2, 0.25) is 5.02 Å². The molecule has 1 aromatic carbocycles. The maximum atomic E-state index is 12.2. The van der Waals surface area contributed by atoms with Crippen molar-refractivity contribution in [2.24, 2.45) is 0 Å². The summed E-state index contributed by atoms with van der Waals surface area (Å²) in [6, 6.07) is 4.96. The van der Waals surface area contributed by atoms with Crippen LogP contribution in [0.15, 0.2) is 23.1 Å². The lowest BCUT2D eigenvalue weighted by Crippen LogP contribution is -2.33. The number of rotatable bonds is 7. The number of carbonyl (C=O) groups is 2. The number of benzene rings is 1. The van der Waals surface area contributed by atoms with Crippen molar-refractivity contribution in [3.8, 4) is 0 Å². The third kappa shape index (κ3) is 5.43. The molecule has 1 rings (SSSR count). The fourth-order valence-electron chi connectivity index (χ4n) is 1.67. The van der Waals surface area contributed by atoms with Crippen LogP contribution < -0.4 is 5.32 Å². The van der Waals surface area contributed by atoms with Gasteiger partial charge in [0, 0.05) is 22.4 Å². The summed E-state index contributed by atoms with van der Waals surface area (Å²) in [7, 11) is 0. The van der Waals surface area contributed by atoms with Crippen molar-refractivity contribution < 1.29 is 14.7 Å². The summed E-state index contributed by atoms with van der Waals surface area (Å²) in [5.41, 5.74) is 0.573. The maximum absolute atomic E-state index is 12.2. The quantitative estimate of drug-likeness (QED) is 0.756. The highest BCUT2D eigenvalue weighted by molar-refractivity contribution is 7.99. The summed E-state index contributed by atoms with van der Waals surface area (Å²) in [5.74, 6) is -0.217. The highest BCUT2D eigenvalue weighted by atomic mass is 35.5. The van der Waals surface area contributed by atoms with E-state index >= 15 is 0 Å². The molecule has 1 atom stereocenters. The second-order valence-electron chi connectivity index (χ2n) is 4.38. The van der Waals surface area contributed by atoms with E-state index in [0.29, 0.717) is 17.0 Å². The molecule has 0 saturated heterocycles. The topological polar surface area (TPSA) is 66.4 Å². The fourth-order valence-corrected chi connectivity index (χ4v) is 2.75. The van der Waals surface area contributed by atoms with Gasteiger partial charge in [-0.25, -0.2) is 0 Å². The minimum atomic E-state index is -0.861. The molecule has 0 spiro atoms. The molecule has 2 N–H and O–H groups in total. The Bertz CT molecular complexity index is 493. The number of halogens is 1. The number of carboxylic acids is 1. The van der Waals surface area contributed by atoms with Gasteiger partial charge in [-0.15, -0.1) is 11.8 Å². The third-order valence-corrected chi connectivity index (χ3v) is 3.83. The lowest BCUT2D eigenvalue weighted by Gasteiger charge is -2.14. The van der Waals surface area contributed by atoms with E-state index in [0.717, 1.165) is 10.6 Å². The molecular weight excluding hydrogens is 298 g/mol. The van der Waals surface area contributed by atoms with Crippen molar-refractivity contribution in [2.75, 3.05) is 5.75 Å². The van der Waals surface area contributed by atoms with Crippen molar-refractivity contribution in [3.05, 3.63) is 28.8 Å². The van der Waals surface area contributed by atoms with Crippen molar-refractivity contribution in [2.45, 2.75) is 37.6 Å². The Morgan fingerprint density at radius 1 is 1.45 bits per heavy atom. The normalized spacial score (nSPS) is 11.9. The van der Waals surface area contributed by atoms with E-state index in [-0.39, 0.29) is 18.4 Å². The van der Waals surface area contributed by atoms with Crippen molar-refractivity contribution >= 4 is 35.2 Å². The second-order valence-corrected chi connectivity index (χ2v) is 6.12. The van der Waals surface area contributed by atoms with Crippen LogP contribution >= 0.6 is 23.4 Å².